The average molecular weight is 249 g/mol. The van der Waals surface area contributed by atoms with E-state index in [9.17, 15) is 10.1 Å². The summed E-state index contributed by atoms with van der Waals surface area (Å²) < 4.78 is 0. The number of amides is 1. The molecule has 0 aromatic heterocycles. The van der Waals surface area contributed by atoms with Crippen LogP contribution in [0.3, 0.4) is 0 Å². The minimum absolute atomic E-state index is 0.0213. The molecule has 1 amide bonds. The van der Waals surface area contributed by atoms with E-state index in [1.165, 1.54) is 12.8 Å². The van der Waals surface area contributed by atoms with E-state index in [0.717, 1.165) is 44.7 Å². The molecule has 1 heterocycles. The van der Waals surface area contributed by atoms with Gasteiger partial charge in [-0.3, -0.25) is 9.69 Å². The number of nitrogens with zero attached hydrogens (tertiary/aromatic N) is 2. The van der Waals surface area contributed by atoms with Crippen LogP contribution in [0.4, 0.5) is 0 Å². The topological polar surface area (TPSA) is 56.1 Å². The maximum Gasteiger partial charge on any atom is 0.235 e. The minimum Gasteiger partial charge on any atom is -0.337 e. The van der Waals surface area contributed by atoms with Crippen molar-refractivity contribution in [2.75, 3.05) is 19.6 Å². The van der Waals surface area contributed by atoms with Gasteiger partial charge in [0.05, 0.1) is 12.6 Å². The van der Waals surface area contributed by atoms with E-state index in [1.807, 2.05) is 0 Å². The summed E-state index contributed by atoms with van der Waals surface area (Å²) in [5.41, 5.74) is -0.569. The Kier molecular flexibility index (Phi) is 4.23. The number of nitriles is 1. The molecule has 1 aliphatic carbocycles. The summed E-state index contributed by atoms with van der Waals surface area (Å²) in [6, 6.07) is 2.30. The molecule has 2 rings (SSSR count). The molecule has 0 aromatic carbocycles. The molecule has 1 saturated heterocycles. The third kappa shape index (κ3) is 3.23. The molecule has 2 aliphatic rings. The molecular weight excluding hydrogens is 226 g/mol. The van der Waals surface area contributed by atoms with Crippen LogP contribution in [0.25, 0.3) is 0 Å². The van der Waals surface area contributed by atoms with Crippen LogP contribution < -0.4 is 5.32 Å². The molecule has 1 N–H and O–H groups in total. The standard InChI is InChI=1S/C14H23N3O/c1-12-4-8-17(9-5-12)10-13(18)16-14(11-15)6-2-3-7-14/h12H,2-10H2,1H3,(H,16,18). The first-order valence-electron chi connectivity index (χ1n) is 7.08. The Hall–Kier alpha value is -1.08. The molecule has 0 radical (unpaired) electrons. The normalized spacial score (nSPS) is 24.7. The third-order valence-corrected chi connectivity index (χ3v) is 4.29. The van der Waals surface area contributed by atoms with Crippen molar-refractivity contribution in [3.8, 4) is 6.07 Å². The van der Waals surface area contributed by atoms with Crippen molar-refractivity contribution < 1.29 is 4.79 Å². The number of hydrogen-bond donors (Lipinski definition) is 1. The van der Waals surface area contributed by atoms with Crippen LogP contribution in [0.2, 0.25) is 0 Å². The lowest BCUT2D eigenvalue weighted by Crippen LogP contribution is -2.50. The van der Waals surface area contributed by atoms with Crippen LogP contribution in [0.15, 0.2) is 0 Å². The summed E-state index contributed by atoms with van der Waals surface area (Å²) >= 11 is 0. The van der Waals surface area contributed by atoms with Crippen LogP contribution in [0.1, 0.15) is 45.4 Å². The fourth-order valence-corrected chi connectivity index (χ4v) is 2.97. The van der Waals surface area contributed by atoms with E-state index >= 15 is 0 Å². The number of hydrogen-bond acceptors (Lipinski definition) is 3. The van der Waals surface area contributed by atoms with E-state index in [2.05, 4.69) is 23.2 Å². The van der Waals surface area contributed by atoms with Crippen LogP contribution >= 0.6 is 0 Å². The van der Waals surface area contributed by atoms with Gasteiger partial charge in [-0.05, 0) is 57.5 Å². The lowest BCUT2D eigenvalue weighted by Gasteiger charge is -2.31. The van der Waals surface area contributed by atoms with Crippen molar-refractivity contribution in [1.29, 1.82) is 5.26 Å². The fourth-order valence-electron chi connectivity index (χ4n) is 2.97. The summed E-state index contributed by atoms with van der Waals surface area (Å²) in [4.78, 5) is 14.2. The zero-order valence-electron chi connectivity index (χ0n) is 11.2. The van der Waals surface area contributed by atoms with Crippen LogP contribution in [-0.4, -0.2) is 36.0 Å². The van der Waals surface area contributed by atoms with E-state index in [4.69, 9.17) is 0 Å². The highest BCUT2D eigenvalue weighted by Crippen LogP contribution is 2.28. The molecule has 1 saturated carbocycles. The summed E-state index contributed by atoms with van der Waals surface area (Å²) in [5.74, 6) is 0.803. The fraction of sp³-hybridized carbons (Fsp3) is 0.857. The predicted octanol–water partition coefficient (Wildman–Crippen LogP) is 1.67. The second kappa shape index (κ2) is 5.71. The Balaban J connectivity index is 1.80. The largest absolute Gasteiger partial charge is 0.337 e. The first kappa shape index (κ1) is 13.4. The van der Waals surface area contributed by atoms with Gasteiger partial charge in [-0.15, -0.1) is 0 Å². The highest BCUT2D eigenvalue weighted by molar-refractivity contribution is 5.79. The van der Waals surface area contributed by atoms with Gasteiger partial charge in [0.2, 0.25) is 5.91 Å². The van der Waals surface area contributed by atoms with Crippen LogP contribution in [0.5, 0.6) is 0 Å². The summed E-state index contributed by atoms with van der Waals surface area (Å²) in [6.07, 6.45) is 6.08. The Morgan fingerprint density at radius 2 is 2.00 bits per heavy atom. The van der Waals surface area contributed by atoms with Crippen LogP contribution in [-0.2, 0) is 4.79 Å². The Bertz CT molecular complexity index is 333. The second-order valence-corrected chi connectivity index (χ2v) is 5.91. The lowest BCUT2D eigenvalue weighted by molar-refractivity contribution is -0.123. The molecule has 0 atom stereocenters. The van der Waals surface area contributed by atoms with Crippen molar-refractivity contribution in [2.45, 2.75) is 51.0 Å². The molecule has 0 bridgehead atoms. The lowest BCUT2D eigenvalue weighted by atomic mass is 9.98. The molecule has 18 heavy (non-hydrogen) atoms. The molecule has 0 aromatic rings. The molecule has 1 aliphatic heterocycles. The van der Waals surface area contributed by atoms with Crippen molar-refractivity contribution in [3.05, 3.63) is 0 Å². The maximum atomic E-state index is 12.0. The van der Waals surface area contributed by atoms with Gasteiger partial charge in [-0.2, -0.15) is 5.26 Å². The molecule has 2 fully saturated rings. The summed E-state index contributed by atoms with van der Waals surface area (Å²) in [5, 5.41) is 12.2. The SMILES string of the molecule is CC1CCN(CC(=O)NC2(C#N)CCCC2)CC1. The third-order valence-electron chi connectivity index (χ3n) is 4.29. The van der Waals surface area contributed by atoms with E-state index in [-0.39, 0.29) is 5.91 Å². The van der Waals surface area contributed by atoms with Gasteiger partial charge >= 0.3 is 0 Å². The van der Waals surface area contributed by atoms with E-state index < -0.39 is 5.54 Å². The Morgan fingerprint density at radius 3 is 2.56 bits per heavy atom. The molecule has 4 heteroatoms. The predicted molar refractivity (Wildman–Crippen MR) is 69.8 cm³/mol. The Morgan fingerprint density at radius 1 is 1.39 bits per heavy atom. The smallest absolute Gasteiger partial charge is 0.235 e. The van der Waals surface area contributed by atoms with Crippen LogP contribution in [0, 0.1) is 17.2 Å². The van der Waals surface area contributed by atoms with Gasteiger partial charge in [-0.1, -0.05) is 6.92 Å². The van der Waals surface area contributed by atoms with Crippen molar-refractivity contribution in [1.82, 2.24) is 10.2 Å². The zero-order chi connectivity index (χ0) is 13.0. The first-order chi connectivity index (χ1) is 8.63. The van der Waals surface area contributed by atoms with Gasteiger partial charge in [0, 0.05) is 0 Å². The highest BCUT2D eigenvalue weighted by atomic mass is 16.2. The number of likely N-dealkylation sites (tertiary alicyclic amines) is 1. The van der Waals surface area contributed by atoms with E-state index in [0.29, 0.717) is 6.54 Å². The number of piperidine rings is 1. The molecular formula is C14H23N3O. The van der Waals surface area contributed by atoms with Crippen molar-refractivity contribution in [2.24, 2.45) is 5.92 Å². The number of nitrogens with one attached hydrogen (secondary N) is 1. The second-order valence-electron chi connectivity index (χ2n) is 5.91. The number of rotatable bonds is 3. The van der Waals surface area contributed by atoms with Crippen molar-refractivity contribution in [3.63, 3.8) is 0 Å². The van der Waals surface area contributed by atoms with Gasteiger partial charge in [0.1, 0.15) is 5.54 Å². The van der Waals surface area contributed by atoms with Gasteiger partial charge in [-0.25, -0.2) is 0 Å². The summed E-state index contributed by atoms with van der Waals surface area (Å²) in [6.45, 7) is 4.74. The average Bonchev–Trinajstić information content (AvgIpc) is 2.81. The summed E-state index contributed by atoms with van der Waals surface area (Å²) in [7, 11) is 0. The van der Waals surface area contributed by atoms with Gasteiger partial charge < -0.3 is 5.32 Å². The monoisotopic (exact) mass is 249 g/mol. The molecule has 0 spiro atoms. The number of carbonyl (C=O) groups is 1. The van der Waals surface area contributed by atoms with Gasteiger partial charge in [0.15, 0.2) is 0 Å². The Labute approximate surface area is 109 Å². The quantitative estimate of drug-likeness (QED) is 0.827. The van der Waals surface area contributed by atoms with Crippen molar-refractivity contribution >= 4 is 5.91 Å². The highest BCUT2D eigenvalue weighted by Gasteiger charge is 2.35. The number of carbonyl (C=O) groups excluding carboxylic acids is 1. The molecule has 100 valence electrons. The molecule has 4 nitrogen and oxygen atoms in total. The minimum atomic E-state index is -0.569. The first-order valence-corrected chi connectivity index (χ1v) is 7.08. The maximum absolute atomic E-state index is 12.0. The molecule has 0 unspecified atom stereocenters. The van der Waals surface area contributed by atoms with E-state index in [1.54, 1.807) is 0 Å². The van der Waals surface area contributed by atoms with Gasteiger partial charge in [0.25, 0.3) is 0 Å². The zero-order valence-corrected chi connectivity index (χ0v) is 11.2.